The minimum absolute atomic E-state index is 0.228. The lowest BCUT2D eigenvalue weighted by atomic mass is 9.88. The van der Waals surface area contributed by atoms with E-state index in [1.807, 2.05) is 12.1 Å². The van der Waals surface area contributed by atoms with Gasteiger partial charge >= 0.3 is 0 Å². The molecule has 172 valence electrons. The van der Waals surface area contributed by atoms with Gasteiger partial charge in [-0.3, -0.25) is 4.98 Å². The van der Waals surface area contributed by atoms with Crippen molar-refractivity contribution in [1.82, 2.24) is 4.98 Å². The molecule has 0 N–H and O–H groups in total. The normalized spacial score (nSPS) is 18.5. The average molecular weight is 483 g/mol. The number of hydrogen-bond donors (Lipinski definition) is 0. The third kappa shape index (κ3) is 5.09. The maximum Gasteiger partial charge on any atom is 0.143 e. The summed E-state index contributed by atoms with van der Waals surface area (Å²) in [5, 5.41) is 6.60. The predicted molar refractivity (Wildman–Crippen MR) is 129 cm³/mol. The standard InChI is InChI=1S/C25H26N2O4S2/c1-28-25(7-11-29-12-8-25)19-13-24(32-17-19)33-20-4-5-21-22(6-10-30-23(21)14-20)27-31-16-18-3-2-9-26-15-18/h2-5,9,13-15,17H,6-8,10-12,16H2,1H3/b27-22+. The van der Waals surface area contributed by atoms with E-state index in [2.05, 4.69) is 39.8 Å². The molecule has 0 unspecified atom stereocenters. The van der Waals surface area contributed by atoms with E-state index in [1.165, 1.54) is 9.77 Å². The molecule has 6 nitrogen and oxygen atoms in total. The molecule has 0 amide bonds. The second-order valence-electron chi connectivity index (χ2n) is 8.00. The molecular formula is C25H26N2O4S2. The van der Waals surface area contributed by atoms with Crippen LogP contribution in [0.1, 0.15) is 36.0 Å². The van der Waals surface area contributed by atoms with Crippen molar-refractivity contribution >= 4 is 28.8 Å². The van der Waals surface area contributed by atoms with Crippen molar-refractivity contribution in [1.29, 1.82) is 0 Å². The molecule has 2 aromatic heterocycles. The number of nitrogens with zero attached hydrogens (tertiary/aromatic N) is 2. The number of fused-ring (bicyclic) bond motifs is 1. The van der Waals surface area contributed by atoms with Crippen molar-refractivity contribution in [2.75, 3.05) is 26.9 Å². The SMILES string of the molecule is COC1(c2csc(Sc3ccc4c(c3)OCC/C4=N\OCc3cccnc3)c2)CCOCC1. The van der Waals surface area contributed by atoms with E-state index in [0.717, 1.165) is 60.0 Å². The Labute approximate surface area is 201 Å². The second-order valence-corrected chi connectivity index (χ2v) is 10.3. The zero-order valence-electron chi connectivity index (χ0n) is 18.5. The average Bonchev–Trinajstić information content (AvgIpc) is 3.34. The zero-order valence-corrected chi connectivity index (χ0v) is 20.1. The molecule has 0 atom stereocenters. The van der Waals surface area contributed by atoms with Gasteiger partial charge in [0, 0.05) is 68.0 Å². The maximum absolute atomic E-state index is 5.94. The Balaban J connectivity index is 1.28. The van der Waals surface area contributed by atoms with Gasteiger partial charge in [0.25, 0.3) is 0 Å². The zero-order chi connectivity index (χ0) is 22.5. The fourth-order valence-electron chi connectivity index (χ4n) is 4.12. The second kappa shape index (κ2) is 10.3. The highest BCUT2D eigenvalue weighted by Crippen LogP contribution is 2.42. The van der Waals surface area contributed by atoms with Crippen molar-refractivity contribution in [3.05, 3.63) is 70.9 Å². The lowest BCUT2D eigenvalue weighted by Gasteiger charge is -2.35. The van der Waals surface area contributed by atoms with Crippen LogP contribution in [0.4, 0.5) is 0 Å². The number of methoxy groups -OCH3 is 1. The van der Waals surface area contributed by atoms with Crippen LogP contribution in [0.25, 0.3) is 0 Å². The van der Waals surface area contributed by atoms with Crippen molar-refractivity contribution < 1.29 is 19.0 Å². The predicted octanol–water partition coefficient (Wildman–Crippen LogP) is 5.65. The highest BCUT2D eigenvalue weighted by Gasteiger charge is 2.35. The smallest absolute Gasteiger partial charge is 0.143 e. The summed E-state index contributed by atoms with van der Waals surface area (Å²) in [5.41, 5.74) is 3.91. The number of oxime groups is 1. The van der Waals surface area contributed by atoms with Gasteiger partial charge in [-0.15, -0.1) is 11.3 Å². The molecule has 5 rings (SSSR count). The summed E-state index contributed by atoms with van der Waals surface area (Å²) < 4.78 is 18.7. The molecule has 8 heteroatoms. The molecule has 2 aliphatic heterocycles. The molecule has 33 heavy (non-hydrogen) atoms. The largest absolute Gasteiger partial charge is 0.492 e. The lowest BCUT2D eigenvalue weighted by Crippen LogP contribution is -2.35. The third-order valence-corrected chi connectivity index (χ3v) is 8.07. The molecule has 0 bridgehead atoms. The Morgan fingerprint density at radius 2 is 2.09 bits per heavy atom. The Hall–Kier alpha value is -2.39. The molecule has 2 aliphatic rings. The third-order valence-electron chi connectivity index (χ3n) is 6.00. The van der Waals surface area contributed by atoms with Crippen molar-refractivity contribution in [2.45, 2.75) is 40.6 Å². The van der Waals surface area contributed by atoms with Crippen LogP contribution in [0, 0.1) is 0 Å². The Morgan fingerprint density at radius 3 is 2.91 bits per heavy atom. The van der Waals surface area contributed by atoms with Gasteiger partial charge in [0.1, 0.15) is 12.4 Å². The van der Waals surface area contributed by atoms with Crippen molar-refractivity contribution in [2.24, 2.45) is 5.16 Å². The van der Waals surface area contributed by atoms with Crippen molar-refractivity contribution in [3.63, 3.8) is 0 Å². The monoisotopic (exact) mass is 482 g/mol. The van der Waals surface area contributed by atoms with E-state index < -0.39 is 0 Å². The topological polar surface area (TPSA) is 62.2 Å². The van der Waals surface area contributed by atoms with Gasteiger partial charge < -0.3 is 19.0 Å². The highest BCUT2D eigenvalue weighted by molar-refractivity contribution is 8.01. The first-order valence-corrected chi connectivity index (χ1v) is 12.7. The van der Waals surface area contributed by atoms with E-state index in [9.17, 15) is 0 Å². The summed E-state index contributed by atoms with van der Waals surface area (Å²) in [5.74, 6) is 0.851. The van der Waals surface area contributed by atoms with Crippen LogP contribution in [0.5, 0.6) is 5.75 Å². The first-order valence-electron chi connectivity index (χ1n) is 11.0. The fraction of sp³-hybridized carbons (Fsp3) is 0.360. The molecule has 0 saturated carbocycles. The first-order chi connectivity index (χ1) is 16.3. The van der Waals surface area contributed by atoms with Gasteiger partial charge in [0.2, 0.25) is 0 Å². The first kappa shape index (κ1) is 22.4. The maximum atomic E-state index is 5.94. The quantitative estimate of drug-likeness (QED) is 0.406. The molecule has 1 saturated heterocycles. The molecule has 3 aromatic rings. The lowest BCUT2D eigenvalue weighted by molar-refractivity contribution is -0.0946. The molecule has 0 aliphatic carbocycles. The van der Waals surface area contributed by atoms with Crippen LogP contribution in [0.15, 0.2) is 68.4 Å². The van der Waals surface area contributed by atoms with Crippen LogP contribution >= 0.6 is 23.1 Å². The number of rotatable bonds is 7. The summed E-state index contributed by atoms with van der Waals surface area (Å²) in [6, 6.07) is 12.4. The molecule has 1 aromatic carbocycles. The number of aromatic nitrogens is 1. The van der Waals surface area contributed by atoms with Gasteiger partial charge in [-0.25, -0.2) is 0 Å². The van der Waals surface area contributed by atoms with Crippen molar-refractivity contribution in [3.8, 4) is 5.75 Å². The van der Waals surface area contributed by atoms with E-state index in [0.29, 0.717) is 13.2 Å². The van der Waals surface area contributed by atoms with Crippen LogP contribution in [-0.4, -0.2) is 37.6 Å². The summed E-state index contributed by atoms with van der Waals surface area (Å²) in [6.07, 6.45) is 6.04. The van der Waals surface area contributed by atoms with Crippen LogP contribution in [0.3, 0.4) is 0 Å². The van der Waals surface area contributed by atoms with Gasteiger partial charge in [-0.2, -0.15) is 0 Å². The van der Waals surface area contributed by atoms with E-state index in [-0.39, 0.29) is 5.60 Å². The molecule has 4 heterocycles. The van der Waals surface area contributed by atoms with E-state index >= 15 is 0 Å². The fourth-order valence-corrected chi connectivity index (χ4v) is 6.18. The Bertz CT molecular complexity index is 1110. The minimum Gasteiger partial charge on any atom is -0.492 e. The van der Waals surface area contributed by atoms with Crippen LogP contribution < -0.4 is 4.74 Å². The number of pyridine rings is 1. The van der Waals surface area contributed by atoms with Gasteiger partial charge in [0.05, 0.1) is 22.1 Å². The molecule has 1 fully saturated rings. The Kier molecular flexibility index (Phi) is 6.96. The Morgan fingerprint density at radius 1 is 1.18 bits per heavy atom. The minimum atomic E-state index is -0.228. The summed E-state index contributed by atoms with van der Waals surface area (Å²) in [6.45, 7) is 2.48. The van der Waals surface area contributed by atoms with Gasteiger partial charge in [0.15, 0.2) is 0 Å². The molecule has 0 radical (unpaired) electrons. The van der Waals surface area contributed by atoms with Gasteiger partial charge in [-0.05, 0) is 41.3 Å². The number of thiophene rings is 1. The number of hydrogen-bond acceptors (Lipinski definition) is 8. The number of benzene rings is 1. The molecular weight excluding hydrogens is 456 g/mol. The van der Waals surface area contributed by atoms with E-state index in [4.69, 9.17) is 19.0 Å². The summed E-state index contributed by atoms with van der Waals surface area (Å²) >= 11 is 3.50. The molecule has 0 spiro atoms. The van der Waals surface area contributed by atoms with Crippen LogP contribution in [0.2, 0.25) is 0 Å². The van der Waals surface area contributed by atoms with E-state index in [1.54, 1.807) is 42.6 Å². The summed E-state index contributed by atoms with van der Waals surface area (Å²) in [4.78, 5) is 10.8. The van der Waals surface area contributed by atoms with Crippen LogP contribution in [-0.2, 0) is 26.5 Å². The van der Waals surface area contributed by atoms with Gasteiger partial charge in [-0.1, -0.05) is 23.0 Å². The summed E-state index contributed by atoms with van der Waals surface area (Å²) in [7, 11) is 1.80. The number of ether oxygens (including phenoxy) is 3. The highest BCUT2D eigenvalue weighted by atomic mass is 32.2.